The number of thiocarbonyl (C=S) groups is 1. The van der Waals surface area contributed by atoms with Crippen LogP contribution in [0.2, 0.25) is 10.0 Å². The standard InChI is InChI=1S/C15H11Cl2F3N2S/c1-8-6-9(16)2-5-13(8)22-14(23)21-10-3-4-12(17)11(7-10)15(18,19)20/h2-7H,1H3,(H2,21,22,23). The van der Waals surface area contributed by atoms with E-state index in [1.807, 2.05) is 6.92 Å². The van der Waals surface area contributed by atoms with Crippen LogP contribution in [0.25, 0.3) is 0 Å². The Kier molecular flexibility index (Phi) is 5.39. The van der Waals surface area contributed by atoms with Crippen molar-refractivity contribution in [3.05, 3.63) is 57.6 Å². The van der Waals surface area contributed by atoms with E-state index in [4.69, 9.17) is 35.4 Å². The van der Waals surface area contributed by atoms with E-state index < -0.39 is 11.7 Å². The lowest BCUT2D eigenvalue weighted by Crippen LogP contribution is -2.20. The summed E-state index contributed by atoms with van der Waals surface area (Å²) in [5, 5.41) is 5.98. The Balaban J connectivity index is 2.14. The molecule has 2 aromatic rings. The van der Waals surface area contributed by atoms with Gasteiger partial charge in [0.15, 0.2) is 5.11 Å². The molecule has 2 rings (SSSR count). The Hall–Kier alpha value is -1.50. The Labute approximate surface area is 146 Å². The van der Waals surface area contributed by atoms with E-state index >= 15 is 0 Å². The van der Waals surface area contributed by atoms with Gasteiger partial charge in [-0.05, 0) is 61.1 Å². The zero-order chi connectivity index (χ0) is 17.2. The van der Waals surface area contributed by atoms with Crippen molar-refractivity contribution < 1.29 is 13.2 Å². The second-order valence-corrected chi connectivity index (χ2v) is 5.98. The van der Waals surface area contributed by atoms with Gasteiger partial charge in [0.05, 0.1) is 10.6 Å². The number of nitrogens with one attached hydrogen (secondary N) is 2. The highest BCUT2D eigenvalue weighted by Gasteiger charge is 2.33. The first-order chi connectivity index (χ1) is 10.7. The summed E-state index contributed by atoms with van der Waals surface area (Å²) in [7, 11) is 0. The van der Waals surface area contributed by atoms with Crippen molar-refractivity contribution in [3.8, 4) is 0 Å². The first-order valence-corrected chi connectivity index (χ1v) is 7.54. The van der Waals surface area contributed by atoms with Gasteiger partial charge in [0, 0.05) is 16.4 Å². The summed E-state index contributed by atoms with van der Waals surface area (Å²) in [5.74, 6) is 0. The normalized spacial score (nSPS) is 11.2. The minimum Gasteiger partial charge on any atom is -0.332 e. The quantitative estimate of drug-likeness (QED) is 0.614. The third kappa shape index (κ3) is 4.73. The van der Waals surface area contributed by atoms with Crippen LogP contribution in [0.1, 0.15) is 11.1 Å². The predicted molar refractivity (Wildman–Crippen MR) is 92.5 cm³/mol. The molecular weight excluding hydrogens is 368 g/mol. The minimum absolute atomic E-state index is 0.158. The monoisotopic (exact) mass is 378 g/mol. The first kappa shape index (κ1) is 17.8. The van der Waals surface area contributed by atoms with Crippen molar-refractivity contribution in [3.63, 3.8) is 0 Å². The van der Waals surface area contributed by atoms with Crippen molar-refractivity contribution in [1.29, 1.82) is 0 Å². The number of halogens is 5. The molecule has 0 aliphatic heterocycles. The molecule has 0 aliphatic carbocycles. The molecule has 0 fully saturated rings. The lowest BCUT2D eigenvalue weighted by Gasteiger charge is -2.15. The molecule has 122 valence electrons. The summed E-state index contributed by atoms with van der Waals surface area (Å²) in [6.07, 6.45) is -4.53. The van der Waals surface area contributed by atoms with Crippen molar-refractivity contribution in [1.82, 2.24) is 0 Å². The summed E-state index contributed by atoms with van der Waals surface area (Å²) in [5.41, 5.74) is 0.825. The molecule has 8 heteroatoms. The Morgan fingerprint density at radius 2 is 1.74 bits per heavy atom. The molecule has 0 heterocycles. The van der Waals surface area contributed by atoms with Crippen LogP contribution in [0, 0.1) is 6.92 Å². The molecule has 2 nitrogen and oxygen atoms in total. The second kappa shape index (κ2) is 6.95. The fourth-order valence-corrected chi connectivity index (χ4v) is 2.55. The van der Waals surface area contributed by atoms with E-state index in [0.717, 1.165) is 11.6 Å². The lowest BCUT2D eigenvalue weighted by atomic mass is 10.2. The van der Waals surface area contributed by atoms with Crippen LogP contribution in [0.15, 0.2) is 36.4 Å². The van der Waals surface area contributed by atoms with Gasteiger partial charge in [0.2, 0.25) is 0 Å². The third-order valence-electron chi connectivity index (χ3n) is 2.97. The fourth-order valence-electron chi connectivity index (χ4n) is 1.87. The average Bonchev–Trinajstić information content (AvgIpc) is 2.43. The van der Waals surface area contributed by atoms with Crippen molar-refractivity contribution in [2.45, 2.75) is 13.1 Å². The van der Waals surface area contributed by atoms with Gasteiger partial charge >= 0.3 is 6.18 Å². The van der Waals surface area contributed by atoms with Gasteiger partial charge in [-0.2, -0.15) is 13.2 Å². The SMILES string of the molecule is Cc1cc(Cl)ccc1NC(=S)Nc1ccc(Cl)c(C(F)(F)F)c1. The van der Waals surface area contributed by atoms with Crippen LogP contribution < -0.4 is 10.6 Å². The van der Waals surface area contributed by atoms with Crippen LogP contribution in [-0.4, -0.2) is 5.11 Å². The second-order valence-electron chi connectivity index (χ2n) is 4.73. The number of aryl methyl sites for hydroxylation is 1. The molecule has 0 bridgehead atoms. The molecule has 0 aromatic heterocycles. The van der Waals surface area contributed by atoms with Crippen LogP contribution >= 0.6 is 35.4 Å². The molecule has 23 heavy (non-hydrogen) atoms. The molecule has 2 aromatic carbocycles. The van der Waals surface area contributed by atoms with Gasteiger partial charge in [-0.15, -0.1) is 0 Å². The fraction of sp³-hybridized carbons (Fsp3) is 0.133. The Morgan fingerprint density at radius 3 is 2.35 bits per heavy atom. The predicted octanol–water partition coefficient (Wildman–Crippen LogP) is 6.13. The molecule has 0 aliphatic rings. The average molecular weight is 379 g/mol. The number of anilines is 2. The molecule has 0 spiro atoms. The van der Waals surface area contributed by atoms with E-state index in [0.29, 0.717) is 10.7 Å². The molecule has 0 saturated heterocycles. The number of benzene rings is 2. The number of rotatable bonds is 2. The van der Waals surface area contributed by atoms with Crippen molar-refractivity contribution >= 4 is 51.9 Å². The highest BCUT2D eigenvalue weighted by Crippen LogP contribution is 2.36. The zero-order valence-electron chi connectivity index (χ0n) is 11.8. The van der Waals surface area contributed by atoms with Gasteiger partial charge in [-0.3, -0.25) is 0 Å². The molecule has 2 N–H and O–H groups in total. The van der Waals surface area contributed by atoms with Crippen LogP contribution in [0.5, 0.6) is 0 Å². The number of hydrogen-bond acceptors (Lipinski definition) is 1. The molecule has 0 unspecified atom stereocenters. The molecule has 0 amide bonds. The topological polar surface area (TPSA) is 24.1 Å². The van der Waals surface area contributed by atoms with Crippen LogP contribution in [0.4, 0.5) is 24.5 Å². The first-order valence-electron chi connectivity index (χ1n) is 6.38. The van der Waals surface area contributed by atoms with Gasteiger partial charge in [0.1, 0.15) is 0 Å². The van der Waals surface area contributed by atoms with Crippen molar-refractivity contribution in [2.24, 2.45) is 0 Å². The maximum atomic E-state index is 12.8. The van der Waals surface area contributed by atoms with E-state index in [-0.39, 0.29) is 15.8 Å². The molecule has 0 saturated carbocycles. The summed E-state index contributed by atoms with van der Waals surface area (Å²) < 4.78 is 38.5. The van der Waals surface area contributed by atoms with Gasteiger partial charge in [0.25, 0.3) is 0 Å². The van der Waals surface area contributed by atoms with Crippen LogP contribution in [0.3, 0.4) is 0 Å². The third-order valence-corrected chi connectivity index (χ3v) is 3.74. The maximum Gasteiger partial charge on any atom is 0.417 e. The van der Waals surface area contributed by atoms with Gasteiger partial charge in [-0.1, -0.05) is 23.2 Å². The molecular formula is C15H11Cl2F3N2S. The smallest absolute Gasteiger partial charge is 0.332 e. The van der Waals surface area contributed by atoms with Gasteiger partial charge in [-0.25, -0.2) is 0 Å². The minimum atomic E-state index is -4.53. The summed E-state index contributed by atoms with van der Waals surface area (Å²) in [4.78, 5) is 0. The lowest BCUT2D eigenvalue weighted by molar-refractivity contribution is -0.137. The van der Waals surface area contributed by atoms with Gasteiger partial charge < -0.3 is 10.6 Å². The maximum absolute atomic E-state index is 12.8. The number of hydrogen-bond donors (Lipinski definition) is 2. The highest BCUT2D eigenvalue weighted by molar-refractivity contribution is 7.80. The molecule has 0 atom stereocenters. The summed E-state index contributed by atoms with van der Waals surface area (Å²) >= 11 is 16.5. The van der Waals surface area contributed by atoms with E-state index in [1.54, 1.807) is 18.2 Å². The zero-order valence-corrected chi connectivity index (χ0v) is 14.1. The summed E-state index contributed by atoms with van der Waals surface area (Å²) in [6, 6.07) is 8.66. The van der Waals surface area contributed by atoms with Crippen LogP contribution in [-0.2, 0) is 6.18 Å². The summed E-state index contributed by atoms with van der Waals surface area (Å²) in [6.45, 7) is 1.83. The van der Waals surface area contributed by atoms with E-state index in [2.05, 4.69) is 10.6 Å². The molecule has 0 radical (unpaired) electrons. The highest BCUT2D eigenvalue weighted by atomic mass is 35.5. The number of alkyl halides is 3. The Bertz CT molecular complexity index is 748. The largest absolute Gasteiger partial charge is 0.417 e. The van der Waals surface area contributed by atoms with Crippen molar-refractivity contribution in [2.75, 3.05) is 10.6 Å². The van der Waals surface area contributed by atoms with E-state index in [1.165, 1.54) is 12.1 Å². The van der Waals surface area contributed by atoms with E-state index in [9.17, 15) is 13.2 Å². The Morgan fingerprint density at radius 1 is 1.04 bits per heavy atom.